The van der Waals surface area contributed by atoms with Crippen molar-refractivity contribution in [2.75, 3.05) is 18.6 Å². The van der Waals surface area contributed by atoms with Crippen molar-refractivity contribution in [3.05, 3.63) is 29.1 Å². The number of hydrogen-bond acceptors (Lipinski definition) is 4. The molecule has 4 nitrogen and oxygen atoms in total. The molecule has 0 saturated heterocycles. The average molecular weight is 284 g/mol. The van der Waals surface area contributed by atoms with E-state index in [-0.39, 0.29) is 17.5 Å². The van der Waals surface area contributed by atoms with Crippen LogP contribution in [0, 0.1) is 13.8 Å². The molecule has 0 aromatic carbocycles. The lowest BCUT2D eigenvalue weighted by atomic mass is 10.0. The minimum Gasteiger partial charge on any atom is -0.312 e. The third-order valence-electron chi connectivity index (χ3n) is 3.32. The van der Waals surface area contributed by atoms with Gasteiger partial charge in [0, 0.05) is 18.0 Å². The van der Waals surface area contributed by atoms with Crippen molar-refractivity contribution in [2.24, 2.45) is 0 Å². The summed E-state index contributed by atoms with van der Waals surface area (Å²) in [6, 6.07) is 2.22. The van der Waals surface area contributed by atoms with Crippen LogP contribution in [-0.4, -0.2) is 32.0 Å². The minimum atomic E-state index is -2.87. The van der Waals surface area contributed by atoms with Crippen LogP contribution in [0.1, 0.15) is 42.6 Å². The molecule has 19 heavy (non-hydrogen) atoms. The zero-order valence-corrected chi connectivity index (χ0v) is 13.0. The van der Waals surface area contributed by atoms with E-state index in [4.69, 9.17) is 0 Å². The van der Waals surface area contributed by atoms with Crippen LogP contribution in [-0.2, 0) is 9.84 Å². The average Bonchev–Trinajstić information content (AvgIpc) is 2.36. The van der Waals surface area contributed by atoms with Gasteiger partial charge < -0.3 is 5.32 Å². The molecule has 0 radical (unpaired) electrons. The number of nitrogens with zero attached hydrogens (tertiary/aromatic N) is 1. The van der Waals surface area contributed by atoms with Crippen LogP contribution in [0.3, 0.4) is 0 Å². The van der Waals surface area contributed by atoms with Crippen LogP contribution in [0.2, 0.25) is 0 Å². The lowest BCUT2D eigenvalue weighted by Gasteiger charge is -2.18. The number of hydrogen-bond donors (Lipinski definition) is 1. The predicted molar refractivity (Wildman–Crippen MR) is 79.1 cm³/mol. The van der Waals surface area contributed by atoms with Gasteiger partial charge in [-0.05, 0) is 44.9 Å². The summed E-state index contributed by atoms with van der Waals surface area (Å²) in [5.41, 5.74) is 3.31. The molecule has 1 N–H and O–H groups in total. The van der Waals surface area contributed by atoms with Gasteiger partial charge in [-0.2, -0.15) is 0 Å². The number of aryl methyl sites for hydroxylation is 2. The van der Waals surface area contributed by atoms with Crippen LogP contribution in [0.4, 0.5) is 0 Å². The van der Waals surface area contributed by atoms with Crippen LogP contribution in [0.5, 0.6) is 0 Å². The summed E-state index contributed by atoms with van der Waals surface area (Å²) in [6.45, 7) is 5.75. The maximum absolute atomic E-state index is 11.5. The summed E-state index contributed by atoms with van der Waals surface area (Å²) in [4.78, 5) is 4.47. The lowest BCUT2D eigenvalue weighted by molar-refractivity contribution is 0.521. The Kier molecular flexibility index (Phi) is 5.94. The molecular weight excluding hydrogens is 260 g/mol. The highest BCUT2D eigenvalue weighted by Crippen LogP contribution is 2.20. The van der Waals surface area contributed by atoms with E-state index < -0.39 is 9.84 Å². The first-order chi connectivity index (χ1) is 8.89. The van der Waals surface area contributed by atoms with Crippen molar-refractivity contribution in [1.29, 1.82) is 0 Å². The van der Waals surface area contributed by atoms with Gasteiger partial charge in [0.25, 0.3) is 0 Å². The van der Waals surface area contributed by atoms with Gasteiger partial charge in [-0.15, -0.1) is 0 Å². The number of sulfone groups is 1. The molecule has 0 bridgehead atoms. The Bertz CT molecular complexity index is 512. The molecule has 108 valence electrons. The summed E-state index contributed by atoms with van der Waals surface area (Å²) >= 11 is 0. The van der Waals surface area contributed by atoms with Gasteiger partial charge in [0.2, 0.25) is 0 Å². The summed E-state index contributed by atoms with van der Waals surface area (Å²) < 4.78 is 23.0. The Balaban J connectivity index is 2.68. The molecule has 1 aromatic rings. The normalized spacial score (nSPS) is 13.5. The van der Waals surface area contributed by atoms with Crippen LogP contribution >= 0.6 is 0 Å². The molecule has 1 aromatic heterocycles. The van der Waals surface area contributed by atoms with Crippen molar-refractivity contribution in [3.8, 4) is 0 Å². The van der Waals surface area contributed by atoms with Crippen molar-refractivity contribution in [2.45, 2.75) is 39.7 Å². The van der Waals surface area contributed by atoms with Crippen molar-refractivity contribution in [3.63, 3.8) is 0 Å². The Morgan fingerprint density at radius 2 is 2.05 bits per heavy atom. The van der Waals surface area contributed by atoms with Crippen LogP contribution < -0.4 is 5.32 Å². The van der Waals surface area contributed by atoms with E-state index in [2.05, 4.69) is 16.4 Å². The SMILES string of the molecule is CCS(=O)(=O)CCCC(NC)c1ncc(C)cc1C. The Hall–Kier alpha value is -0.940. The minimum absolute atomic E-state index is 0.118. The van der Waals surface area contributed by atoms with E-state index in [1.165, 1.54) is 0 Å². The second-order valence-electron chi connectivity index (χ2n) is 4.93. The van der Waals surface area contributed by atoms with E-state index in [0.29, 0.717) is 6.42 Å². The Morgan fingerprint density at radius 1 is 1.37 bits per heavy atom. The van der Waals surface area contributed by atoms with Crippen LogP contribution in [0.25, 0.3) is 0 Å². The summed E-state index contributed by atoms with van der Waals surface area (Å²) in [6.07, 6.45) is 3.30. The van der Waals surface area contributed by atoms with Gasteiger partial charge in [0.15, 0.2) is 0 Å². The quantitative estimate of drug-likeness (QED) is 0.833. The van der Waals surface area contributed by atoms with Gasteiger partial charge in [-0.3, -0.25) is 4.98 Å². The number of rotatable bonds is 7. The molecule has 0 aliphatic heterocycles. The molecule has 5 heteroatoms. The van der Waals surface area contributed by atoms with Gasteiger partial charge >= 0.3 is 0 Å². The molecule has 0 fully saturated rings. The molecule has 0 aliphatic rings. The molecule has 0 aliphatic carbocycles. The van der Waals surface area contributed by atoms with Crippen molar-refractivity contribution >= 4 is 9.84 Å². The van der Waals surface area contributed by atoms with E-state index in [0.717, 1.165) is 23.2 Å². The highest BCUT2D eigenvalue weighted by molar-refractivity contribution is 7.91. The van der Waals surface area contributed by atoms with Gasteiger partial charge in [-0.1, -0.05) is 13.0 Å². The van der Waals surface area contributed by atoms with Crippen LogP contribution in [0.15, 0.2) is 12.3 Å². The van der Waals surface area contributed by atoms with E-state index >= 15 is 0 Å². The third-order valence-corrected chi connectivity index (χ3v) is 5.11. The second-order valence-corrected chi connectivity index (χ2v) is 7.41. The molecular formula is C14H24N2O2S. The molecule has 1 unspecified atom stereocenters. The third kappa shape index (κ3) is 4.91. The molecule has 0 amide bonds. The fraction of sp³-hybridized carbons (Fsp3) is 0.643. The molecule has 1 rings (SSSR count). The highest BCUT2D eigenvalue weighted by atomic mass is 32.2. The maximum Gasteiger partial charge on any atom is 0.150 e. The standard InChI is InChI=1S/C14H24N2O2S/c1-5-19(17,18)8-6-7-13(15-4)14-12(3)9-11(2)10-16-14/h9-10,13,15H,5-8H2,1-4H3. The topological polar surface area (TPSA) is 59.1 Å². The van der Waals surface area contributed by atoms with Gasteiger partial charge in [-0.25, -0.2) is 8.42 Å². The fourth-order valence-electron chi connectivity index (χ4n) is 2.16. The van der Waals surface area contributed by atoms with Crippen molar-refractivity contribution < 1.29 is 8.42 Å². The zero-order valence-electron chi connectivity index (χ0n) is 12.2. The zero-order chi connectivity index (χ0) is 14.5. The first-order valence-electron chi connectivity index (χ1n) is 6.70. The largest absolute Gasteiger partial charge is 0.312 e. The van der Waals surface area contributed by atoms with E-state index in [9.17, 15) is 8.42 Å². The fourth-order valence-corrected chi connectivity index (χ4v) is 3.06. The molecule has 1 atom stereocenters. The molecule has 0 saturated carbocycles. The van der Waals surface area contributed by atoms with Gasteiger partial charge in [0.1, 0.15) is 9.84 Å². The summed E-state index contributed by atoms with van der Waals surface area (Å²) in [7, 11) is -0.982. The summed E-state index contributed by atoms with van der Waals surface area (Å²) in [5, 5.41) is 3.23. The smallest absolute Gasteiger partial charge is 0.150 e. The first-order valence-corrected chi connectivity index (χ1v) is 8.52. The Morgan fingerprint density at radius 3 is 2.58 bits per heavy atom. The number of pyridine rings is 1. The lowest BCUT2D eigenvalue weighted by Crippen LogP contribution is -2.20. The number of nitrogens with one attached hydrogen (secondary N) is 1. The monoisotopic (exact) mass is 284 g/mol. The highest BCUT2D eigenvalue weighted by Gasteiger charge is 2.15. The van der Waals surface area contributed by atoms with E-state index in [1.54, 1.807) is 6.92 Å². The maximum atomic E-state index is 11.5. The molecule has 0 spiro atoms. The number of aromatic nitrogens is 1. The first kappa shape index (κ1) is 16.1. The van der Waals surface area contributed by atoms with E-state index in [1.807, 2.05) is 27.1 Å². The second kappa shape index (κ2) is 7.01. The molecule has 1 heterocycles. The van der Waals surface area contributed by atoms with Crippen molar-refractivity contribution in [1.82, 2.24) is 10.3 Å². The summed E-state index contributed by atoms with van der Waals surface area (Å²) in [5.74, 6) is 0.478. The predicted octanol–water partition coefficient (Wildman–Crippen LogP) is 2.17. The Labute approximate surface area is 116 Å². The van der Waals surface area contributed by atoms with Gasteiger partial charge in [0.05, 0.1) is 11.4 Å².